The van der Waals surface area contributed by atoms with E-state index in [0.717, 1.165) is 12.3 Å². The number of methoxy groups -OCH3 is 1. The summed E-state index contributed by atoms with van der Waals surface area (Å²) < 4.78 is 55.2. The van der Waals surface area contributed by atoms with E-state index in [9.17, 15) is 21.6 Å². The third kappa shape index (κ3) is 3.65. The topological polar surface area (TPSA) is 101 Å². The summed E-state index contributed by atoms with van der Waals surface area (Å²) in [5.74, 6) is 0.0789. The molecule has 1 aliphatic rings. The lowest BCUT2D eigenvalue weighted by atomic mass is 10.3. The number of nitrogens with zero attached hydrogens (tertiary/aromatic N) is 2. The fourth-order valence-electron chi connectivity index (χ4n) is 2.28. The van der Waals surface area contributed by atoms with Crippen LogP contribution >= 0.6 is 0 Å². The molecule has 8 nitrogen and oxygen atoms in total. The first-order valence-corrected chi connectivity index (χ1v) is 10.1. The molecule has 0 bridgehead atoms. The lowest BCUT2D eigenvalue weighted by Gasteiger charge is -2.32. The Balaban J connectivity index is 2.44. The molecule has 1 aliphatic heterocycles. The normalized spacial score (nSPS) is 17.0. The third-order valence-electron chi connectivity index (χ3n) is 3.60. The van der Waals surface area contributed by atoms with Crippen molar-refractivity contribution >= 4 is 26.3 Å². The number of carbonyl (C=O) groups excluding carboxylic acids is 1. The highest BCUT2D eigenvalue weighted by Gasteiger charge is 2.31. The third-order valence-corrected chi connectivity index (χ3v) is 6.63. The van der Waals surface area contributed by atoms with Crippen LogP contribution in [0.2, 0.25) is 0 Å². The van der Waals surface area contributed by atoms with Crippen molar-refractivity contribution in [2.24, 2.45) is 0 Å². The molecular formula is C13H18N2O6S2. The van der Waals surface area contributed by atoms with Gasteiger partial charge in [0, 0.05) is 32.4 Å². The molecule has 0 aromatic heterocycles. The summed E-state index contributed by atoms with van der Waals surface area (Å²) in [5, 5.41) is 0. The van der Waals surface area contributed by atoms with Crippen molar-refractivity contribution in [3.63, 3.8) is 0 Å². The Bertz CT molecular complexity index is 796. The van der Waals surface area contributed by atoms with E-state index in [4.69, 9.17) is 4.74 Å². The van der Waals surface area contributed by atoms with Crippen LogP contribution in [-0.4, -0.2) is 72.0 Å². The highest BCUT2D eigenvalue weighted by atomic mass is 32.2. The van der Waals surface area contributed by atoms with Crippen LogP contribution in [0.3, 0.4) is 0 Å². The molecular weight excluding hydrogens is 344 g/mol. The van der Waals surface area contributed by atoms with Gasteiger partial charge in [0.25, 0.3) is 0 Å². The Morgan fingerprint density at radius 3 is 2.17 bits per heavy atom. The molecule has 23 heavy (non-hydrogen) atoms. The number of amides is 1. The largest absolute Gasteiger partial charge is 0.495 e. The highest BCUT2D eigenvalue weighted by Crippen LogP contribution is 2.29. The Morgan fingerprint density at radius 2 is 1.70 bits per heavy atom. The van der Waals surface area contributed by atoms with Crippen molar-refractivity contribution in [1.82, 2.24) is 9.21 Å². The number of hydrogen-bond acceptors (Lipinski definition) is 6. The first kappa shape index (κ1) is 17.7. The number of piperazine rings is 1. The van der Waals surface area contributed by atoms with E-state index in [1.165, 1.54) is 28.4 Å². The smallest absolute Gasteiger partial charge is 0.246 e. The van der Waals surface area contributed by atoms with Gasteiger partial charge >= 0.3 is 0 Å². The summed E-state index contributed by atoms with van der Waals surface area (Å²) in [7, 11) is -6.15. The van der Waals surface area contributed by atoms with Crippen molar-refractivity contribution in [3.8, 4) is 5.75 Å². The predicted molar refractivity (Wildman–Crippen MR) is 82.5 cm³/mol. The monoisotopic (exact) mass is 362 g/mol. The average molecular weight is 362 g/mol. The Morgan fingerprint density at radius 1 is 1.09 bits per heavy atom. The molecule has 128 valence electrons. The van der Waals surface area contributed by atoms with Crippen LogP contribution in [0.15, 0.2) is 28.0 Å². The van der Waals surface area contributed by atoms with Crippen LogP contribution in [0.25, 0.3) is 0 Å². The maximum Gasteiger partial charge on any atom is 0.246 e. The number of benzene rings is 1. The molecule has 1 fully saturated rings. The zero-order valence-corrected chi connectivity index (χ0v) is 14.4. The van der Waals surface area contributed by atoms with Crippen LogP contribution in [-0.2, 0) is 24.7 Å². The second-order valence-corrected chi connectivity index (χ2v) is 9.05. The fraction of sp³-hybridized carbons (Fsp3) is 0.462. The molecule has 1 amide bonds. The maximum atomic E-state index is 12.8. The second-order valence-electron chi connectivity index (χ2n) is 5.13. The quantitative estimate of drug-likeness (QED) is 0.658. The van der Waals surface area contributed by atoms with Gasteiger partial charge < -0.3 is 9.64 Å². The van der Waals surface area contributed by atoms with E-state index in [1.807, 2.05) is 0 Å². The first-order valence-electron chi connectivity index (χ1n) is 6.77. The zero-order chi connectivity index (χ0) is 17.3. The predicted octanol–water partition coefficient (Wildman–Crippen LogP) is -0.439. The number of sulfone groups is 1. The summed E-state index contributed by atoms with van der Waals surface area (Å²) in [5.41, 5.74) is 0. The van der Waals surface area contributed by atoms with E-state index in [-0.39, 0.29) is 41.7 Å². The number of hydrogen-bond donors (Lipinski definition) is 0. The van der Waals surface area contributed by atoms with Gasteiger partial charge in [-0.1, -0.05) is 0 Å². The van der Waals surface area contributed by atoms with Crippen molar-refractivity contribution in [3.05, 3.63) is 18.2 Å². The van der Waals surface area contributed by atoms with E-state index in [0.29, 0.717) is 6.41 Å². The van der Waals surface area contributed by atoms with Gasteiger partial charge in [0.1, 0.15) is 10.6 Å². The molecule has 0 unspecified atom stereocenters. The lowest BCUT2D eigenvalue weighted by molar-refractivity contribution is -0.119. The molecule has 0 atom stereocenters. The number of sulfonamides is 1. The van der Waals surface area contributed by atoms with Gasteiger partial charge in [0.15, 0.2) is 9.84 Å². The molecule has 1 aromatic carbocycles. The van der Waals surface area contributed by atoms with Crippen LogP contribution in [0.5, 0.6) is 5.75 Å². The molecule has 1 aromatic rings. The Labute approximate surface area is 135 Å². The van der Waals surface area contributed by atoms with Gasteiger partial charge in [0.05, 0.1) is 12.0 Å². The lowest BCUT2D eigenvalue weighted by Crippen LogP contribution is -2.48. The van der Waals surface area contributed by atoms with Crippen molar-refractivity contribution in [2.45, 2.75) is 9.79 Å². The molecule has 10 heteroatoms. The molecule has 1 heterocycles. The summed E-state index contributed by atoms with van der Waals surface area (Å²) in [6, 6.07) is 3.73. The van der Waals surface area contributed by atoms with Gasteiger partial charge in [-0.2, -0.15) is 4.31 Å². The van der Waals surface area contributed by atoms with E-state index < -0.39 is 19.9 Å². The molecule has 0 radical (unpaired) electrons. The standard InChI is InChI=1S/C13H18N2O6S2/c1-21-12-4-3-11(22(2,17)18)9-13(12)23(19,20)15-7-5-14(10-16)6-8-15/h3-4,9-10H,5-8H2,1-2H3. The van der Waals surface area contributed by atoms with Gasteiger partial charge in [-0.25, -0.2) is 16.8 Å². The molecule has 2 rings (SSSR count). The number of carbonyl (C=O) groups is 1. The second kappa shape index (κ2) is 6.46. The van der Waals surface area contributed by atoms with Gasteiger partial charge in [-0.3, -0.25) is 4.79 Å². The molecule has 0 saturated carbocycles. The van der Waals surface area contributed by atoms with Crippen molar-refractivity contribution < 1.29 is 26.4 Å². The molecule has 0 N–H and O–H groups in total. The Kier molecular flexibility index (Phi) is 4.97. The van der Waals surface area contributed by atoms with E-state index in [2.05, 4.69) is 0 Å². The van der Waals surface area contributed by atoms with Gasteiger partial charge in [0.2, 0.25) is 16.4 Å². The van der Waals surface area contributed by atoms with Gasteiger partial charge in [-0.15, -0.1) is 0 Å². The van der Waals surface area contributed by atoms with Crippen LogP contribution in [0.1, 0.15) is 0 Å². The fourth-order valence-corrected chi connectivity index (χ4v) is 4.60. The minimum absolute atomic E-state index is 0.0789. The minimum atomic E-state index is -3.92. The summed E-state index contributed by atoms with van der Waals surface area (Å²) in [6.45, 7) is 0.869. The van der Waals surface area contributed by atoms with E-state index >= 15 is 0 Å². The van der Waals surface area contributed by atoms with Crippen LogP contribution in [0, 0.1) is 0 Å². The summed E-state index contributed by atoms with van der Waals surface area (Å²) in [6.07, 6.45) is 1.68. The molecule has 1 saturated heterocycles. The first-order chi connectivity index (χ1) is 10.7. The van der Waals surface area contributed by atoms with Crippen LogP contribution < -0.4 is 4.74 Å². The van der Waals surface area contributed by atoms with Crippen molar-refractivity contribution in [1.29, 1.82) is 0 Å². The van der Waals surface area contributed by atoms with Gasteiger partial charge in [-0.05, 0) is 18.2 Å². The average Bonchev–Trinajstić information content (AvgIpc) is 2.53. The minimum Gasteiger partial charge on any atom is -0.495 e. The van der Waals surface area contributed by atoms with Crippen molar-refractivity contribution in [2.75, 3.05) is 39.5 Å². The van der Waals surface area contributed by atoms with Crippen LogP contribution in [0.4, 0.5) is 0 Å². The Hall–Kier alpha value is -1.65. The zero-order valence-electron chi connectivity index (χ0n) is 12.8. The van der Waals surface area contributed by atoms with E-state index in [1.54, 1.807) is 0 Å². The summed E-state index contributed by atoms with van der Waals surface area (Å²) in [4.78, 5) is 11.9. The number of rotatable bonds is 5. The summed E-state index contributed by atoms with van der Waals surface area (Å²) >= 11 is 0. The molecule has 0 aliphatic carbocycles. The number of ether oxygens (including phenoxy) is 1. The highest BCUT2D eigenvalue weighted by molar-refractivity contribution is 7.91. The maximum absolute atomic E-state index is 12.8. The molecule has 0 spiro atoms. The SMILES string of the molecule is COc1ccc(S(C)(=O)=O)cc1S(=O)(=O)N1CCN(C=O)CC1.